The second kappa shape index (κ2) is 3.35. The summed E-state index contributed by atoms with van der Waals surface area (Å²) < 4.78 is 12.9. The molecule has 3 heteroatoms. The van der Waals surface area contributed by atoms with Crippen LogP contribution in [0.15, 0.2) is 28.7 Å². The molecule has 13 heavy (non-hydrogen) atoms. The van der Waals surface area contributed by atoms with Gasteiger partial charge in [-0.1, -0.05) is 11.6 Å². The minimum Gasteiger partial charge on any atom is -0.207 e. The first-order valence-corrected chi connectivity index (χ1v) is 5.33. The second-order valence-corrected chi connectivity index (χ2v) is 4.42. The smallest absolute Gasteiger partial charge is 0.123 e. The van der Waals surface area contributed by atoms with Crippen LogP contribution in [0.25, 0.3) is 5.03 Å². The van der Waals surface area contributed by atoms with Crippen molar-refractivity contribution in [2.24, 2.45) is 0 Å². The van der Waals surface area contributed by atoms with Crippen molar-refractivity contribution in [2.75, 3.05) is 5.75 Å². The average Bonchev–Trinajstić information content (AvgIpc) is 2.12. The molecule has 0 saturated carbocycles. The van der Waals surface area contributed by atoms with E-state index in [1.54, 1.807) is 17.8 Å². The monoisotopic (exact) mass is 214 g/mol. The van der Waals surface area contributed by atoms with Crippen LogP contribution >= 0.6 is 23.4 Å². The van der Waals surface area contributed by atoms with Gasteiger partial charge in [0.25, 0.3) is 0 Å². The van der Waals surface area contributed by atoms with E-state index in [9.17, 15) is 4.39 Å². The third kappa shape index (κ3) is 1.61. The first kappa shape index (κ1) is 9.10. The van der Waals surface area contributed by atoms with E-state index < -0.39 is 0 Å². The highest BCUT2D eigenvalue weighted by Gasteiger charge is 2.15. The Kier molecular flexibility index (Phi) is 2.35. The molecule has 0 aromatic heterocycles. The molecule has 0 saturated heterocycles. The van der Waals surface area contributed by atoms with Crippen molar-refractivity contribution in [3.05, 3.63) is 35.2 Å². The molecular weight excluding hydrogens is 207 g/mol. The van der Waals surface area contributed by atoms with Crippen LogP contribution in [0.4, 0.5) is 4.39 Å². The number of hydrogen-bond donors (Lipinski definition) is 0. The van der Waals surface area contributed by atoms with Gasteiger partial charge in [-0.25, -0.2) is 4.39 Å². The van der Waals surface area contributed by atoms with Crippen LogP contribution in [-0.4, -0.2) is 5.75 Å². The van der Waals surface area contributed by atoms with Crippen LogP contribution < -0.4 is 0 Å². The van der Waals surface area contributed by atoms with Crippen molar-refractivity contribution in [3.63, 3.8) is 0 Å². The number of thioether (sulfide) groups is 1. The van der Waals surface area contributed by atoms with Crippen LogP contribution in [-0.2, 0) is 0 Å². The average molecular weight is 215 g/mol. The summed E-state index contributed by atoms with van der Waals surface area (Å²) in [7, 11) is 0. The fraction of sp³-hybridized carbons (Fsp3) is 0.200. The Labute approximate surface area is 85.8 Å². The molecule has 0 radical (unpaired) electrons. The van der Waals surface area contributed by atoms with Gasteiger partial charge in [0, 0.05) is 21.2 Å². The third-order valence-corrected chi connectivity index (χ3v) is 3.77. The maximum atomic E-state index is 12.9. The Morgan fingerprint density at radius 3 is 3.00 bits per heavy atom. The van der Waals surface area contributed by atoms with Crippen LogP contribution in [0.2, 0.25) is 0 Å². The van der Waals surface area contributed by atoms with Gasteiger partial charge in [0.1, 0.15) is 5.82 Å². The maximum Gasteiger partial charge on any atom is 0.123 e. The molecule has 0 unspecified atom stereocenters. The lowest BCUT2D eigenvalue weighted by Crippen LogP contribution is -1.97. The van der Waals surface area contributed by atoms with E-state index in [-0.39, 0.29) is 5.82 Å². The van der Waals surface area contributed by atoms with E-state index >= 15 is 0 Å². The van der Waals surface area contributed by atoms with Gasteiger partial charge in [-0.15, -0.1) is 11.8 Å². The van der Waals surface area contributed by atoms with Crippen LogP contribution in [0, 0.1) is 5.82 Å². The van der Waals surface area contributed by atoms with Gasteiger partial charge in [-0.2, -0.15) is 0 Å². The molecule has 1 aliphatic heterocycles. The van der Waals surface area contributed by atoms with Crippen molar-refractivity contribution in [1.82, 2.24) is 0 Å². The van der Waals surface area contributed by atoms with Crippen LogP contribution in [0.1, 0.15) is 12.5 Å². The van der Waals surface area contributed by atoms with E-state index in [0.717, 1.165) is 21.8 Å². The van der Waals surface area contributed by atoms with Crippen molar-refractivity contribution >= 4 is 28.4 Å². The predicted molar refractivity (Wildman–Crippen MR) is 55.6 cm³/mol. The molecule has 0 fully saturated rings. The van der Waals surface area contributed by atoms with Crippen molar-refractivity contribution in [2.45, 2.75) is 11.8 Å². The van der Waals surface area contributed by atoms with E-state index in [0.29, 0.717) is 5.03 Å². The minimum absolute atomic E-state index is 0.229. The topological polar surface area (TPSA) is 0 Å². The number of benzene rings is 1. The van der Waals surface area contributed by atoms with Gasteiger partial charge in [0.2, 0.25) is 0 Å². The molecule has 0 atom stereocenters. The van der Waals surface area contributed by atoms with E-state index in [2.05, 4.69) is 0 Å². The molecule has 2 rings (SSSR count). The largest absolute Gasteiger partial charge is 0.207 e. The van der Waals surface area contributed by atoms with E-state index in [1.807, 2.05) is 6.92 Å². The number of rotatable bonds is 0. The predicted octanol–water partition coefficient (Wildman–Crippen LogP) is 3.90. The quantitative estimate of drug-likeness (QED) is 0.631. The SMILES string of the molecule is CC1=C(Cl)c2cc(F)ccc2SC1. The molecule has 1 aliphatic rings. The van der Waals surface area contributed by atoms with Crippen LogP contribution in [0.3, 0.4) is 0 Å². The highest BCUT2D eigenvalue weighted by molar-refractivity contribution is 7.99. The summed E-state index contributed by atoms with van der Waals surface area (Å²) in [6.45, 7) is 1.98. The Bertz CT molecular complexity index is 385. The summed E-state index contributed by atoms with van der Waals surface area (Å²) in [5.41, 5.74) is 1.94. The molecule has 1 aromatic rings. The number of fused-ring (bicyclic) bond motifs is 1. The summed E-state index contributed by atoms with van der Waals surface area (Å²) in [5.74, 6) is 0.671. The molecule has 0 spiro atoms. The molecule has 0 aliphatic carbocycles. The molecule has 1 aromatic carbocycles. The Morgan fingerprint density at radius 2 is 2.23 bits per heavy atom. The lowest BCUT2D eigenvalue weighted by atomic mass is 10.1. The molecule has 0 nitrogen and oxygen atoms in total. The molecule has 68 valence electrons. The highest BCUT2D eigenvalue weighted by Crippen LogP contribution is 2.39. The molecule has 0 bridgehead atoms. The summed E-state index contributed by atoms with van der Waals surface area (Å²) in [4.78, 5) is 1.07. The normalized spacial score (nSPS) is 15.9. The van der Waals surface area contributed by atoms with Gasteiger partial charge in [0.15, 0.2) is 0 Å². The third-order valence-electron chi connectivity index (χ3n) is 2.00. The van der Waals surface area contributed by atoms with Gasteiger partial charge < -0.3 is 0 Å². The first-order valence-electron chi connectivity index (χ1n) is 3.96. The Balaban J connectivity index is 2.60. The molecular formula is C10H8ClFS. The van der Waals surface area contributed by atoms with Gasteiger partial charge in [0.05, 0.1) is 0 Å². The summed E-state index contributed by atoms with van der Waals surface area (Å²) in [6.07, 6.45) is 0. The number of hydrogen-bond acceptors (Lipinski definition) is 1. The fourth-order valence-corrected chi connectivity index (χ4v) is 2.63. The lowest BCUT2D eigenvalue weighted by Gasteiger charge is -2.16. The van der Waals surface area contributed by atoms with Gasteiger partial charge in [-0.05, 0) is 30.7 Å². The lowest BCUT2D eigenvalue weighted by molar-refractivity contribution is 0.626. The molecule has 1 heterocycles. The zero-order valence-corrected chi connectivity index (χ0v) is 8.68. The minimum atomic E-state index is -0.229. The molecule has 0 amide bonds. The second-order valence-electron chi connectivity index (χ2n) is 3.02. The Hall–Kier alpha value is -0.470. The summed E-state index contributed by atoms with van der Waals surface area (Å²) >= 11 is 7.77. The standard InChI is InChI=1S/C10H8ClFS/c1-6-5-13-9-3-2-7(12)4-8(9)10(6)11/h2-4H,5H2,1H3. The number of halogens is 2. The fourth-order valence-electron chi connectivity index (χ4n) is 1.28. The Morgan fingerprint density at radius 1 is 1.46 bits per heavy atom. The summed E-state index contributed by atoms with van der Waals surface area (Å²) in [5, 5.41) is 0.702. The van der Waals surface area contributed by atoms with Crippen molar-refractivity contribution < 1.29 is 4.39 Å². The zero-order chi connectivity index (χ0) is 9.42. The van der Waals surface area contributed by atoms with E-state index in [1.165, 1.54) is 12.1 Å². The summed E-state index contributed by atoms with van der Waals surface area (Å²) in [6, 6.07) is 4.74. The van der Waals surface area contributed by atoms with Gasteiger partial charge in [-0.3, -0.25) is 0 Å². The van der Waals surface area contributed by atoms with E-state index in [4.69, 9.17) is 11.6 Å². The zero-order valence-electron chi connectivity index (χ0n) is 7.10. The first-order chi connectivity index (χ1) is 6.18. The van der Waals surface area contributed by atoms with Crippen molar-refractivity contribution in [3.8, 4) is 0 Å². The van der Waals surface area contributed by atoms with Gasteiger partial charge >= 0.3 is 0 Å². The maximum absolute atomic E-state index is 12.9. The van der Waals surface area contributed by atoms with Crippen molar-refractivity contribution in [1.29, 1.82) is 0 Å². The molecule has 0 N–H and O–H groups in total. The highest BCUT2D eigenvalue weighted by atomic mass is 35.5. The van der Waals surface area contributed by atoms with Crippen LogP contribution in [0.5, 0.6) is 0 Å².